The summed E-state index contributed by atoms with van der Waals surface area (Å²) in [5.41, 5.74) is 16.6. The number of carboxylic acids is 1. The van der Waals surface area contributed by atoms with Gasteiger partial charge in [0.05, 0.1) is 31.2 Å². The molecule has 0 aromatic heterocycles. The fraction of sp³-hybridized carbons (Fsp3) is 0.794. The smallest absolute Gasteiger partial charge is 0.469 e. The summed E-state index contributed by atoms with van der Waals surface area (Å²) in [4.78, 5) is 128. The molecule has 0 aromatic carbocycles. The standard InChI is InChI=1S/C34H65N7O16P2/c1-21(31(45)40-26(34(48)49)12-6-9-15-37)16-29(43)27(20-57-59(53,54)55)41-32(46)23(10-4-7-13-35)17-28(42)22(2)39-33(47)24(19-56-58(50,51)52)18-30(44)25(38-3)11-5-8-14-36/h21-27,38H,4-20,35-37H2,1-3H3,(H,39,47)(H,40,45)(H,41,46)(H,48,49)(H2,50,51,52)(H2,53,54,55)/t21-,22+,23-,24+,25+,26+,27+/m1/s1. The number of carbonyl (C=O) groups is 7. The molecule has 0 aliphatic rings. The van der Waals surface area contributed by atoms with Gasteiger partial charge in [0.15, 0.2) is 17.3 Å². The van der Waals surface area contributed by atoms with Crippen LogP contribution in [0.25, 0.3) is 0 Å². The van der Waals surface area contributed by atoms with Crippen LogP contribution in [0.4, 0.5) is 0 Å². The molecule has 23 nitrogen and oxygen atoms in total. The monoisotopic (exact) mass is 889 g/mol. The molecular weight excluding hydrogens is 824 g/mol. The lowest BCUT2D eigenvalue weighted by Gasteiger charge is -2.25. The summed E-state index contributed by atoms with van der Waals surface area (Å²) in [6, 6.07) is -5.03. The van der Waals surface area contributed by atoms with Crippen LogP contribution < -0.4 is 38.5 Å². The van der Waals surface area contributed by atoms with E-state index in [2.05, 4.69) is 30.3 Å². The van der Waals surface area contributed by atoms with Gasteiger partial charge in [-0.3, -0.25) is 37.8 Å². The van der Waals surface area contributed by atoms with E-state index < -0.39 is 131 Å². The molecule has 0 bridgehead atoms. The maximum atomic E-state index is 13.6. The van der Waals surface area contributed by atoms with Crippen molar-refractivity contribution in [1.82, 2.24) is 21.3 Å². The molecule has 3 amide bonds. The SMILES string of the molecule is CN[C@@H](CCCCN)C(=O)C[C@@H](COP(=O)(O)O)C(=O)N[C@@H](C)C(=O)C[C@@H](CCCCN)C(=O)N[C@@H](COP(=O)(O)O)C(=O)C[C@@H](C)C(=O)N[C@@H](CCCCN)C(=O)O. The first-order valence-electron chi connectivity index (χ1n) is 19.4. The normalized spacial score (nSPS) is 15.5. The lowest BCUT2D eigenvalue weighted by molar-refractivity contribution is -0.143. The number of hydrogen-bond donors (Lipinski definition) is 12. The molecule has 0 aromatic rings. The predicted octanol–water partition coefficient (Wildman–Crippen LogP) is -1.51. The van der Waals surface area contributed by atoms with Crippen LogP contribution in [0.2, 0.25) is 0 Å². The van der Waals surface area contributed by atoms with Gasteiger partial charge in [-0.2, -0.15) is 0 Å². The van der Waals surface area contributed by atoms with Gasteiger partial charge in [-0.05, 0) is 78.6 Å². The summed E-state index contributed by atoms with van der Waals surface area (Å²) in [5.74, 6) is -9.85. The van der Waals surface area contributed by atoms with Gasteiger partial charge in [0.2, 0.25) is 17.7 Å². The van der Waals surface area contributed by atoms with Crippen LogP contribution in [0.5, 0.6) is 0 Å². The van der Waals surface area contributed by atoms with Crippen LogP contribution in [0.1, 0.15) is 90.9 Å². The molecule has 0 spiro atoms. The summed E-state index contributed by atoms with van der Waals surface area (Å²) < 4.78 is 32.0. The number of unbranched alkanes of at least 4 members (excludes halogenated alkanes) is 3. The molecule has 25 heteroatoms. The number of ketones is 3. The van der Waals surface area contributed by atoms with Crippen molar-refractivity contribution in [2.75, 3.05) is 39.9 Å². The Labute approximate surface area is 343 Å². The van der Waals surface area contributed by atoms with Gasteiger partial charge in [0.1, 0.15) is 12.1 Å². The zero-order valence-corrected chi connectivity index (χ0v) is 35.7. The highest BCUT2D eigenvalue weighted by molar-refractivity contribution is 7.46. The summed E-state index contributed by atoms with van der Waals surface area (Å²) in [6.45, 7) is 1.61. The maximum Gasteiger partial charge on any atom is 0.469 e. The van der Waals surface area contributed by atoms with Gasteiger partial charge in [-0.15, -0.1) is 0 Å². The molecule has 59 heavy (non-hydrogen) atoms. The zero-order chi connectivity index (χ0) is 45.3. The number of carboxylic acid groups (broad SMARTS) is 1. The molecule has 0 fully saturated rings. The largest absolute Gasteiger partial charge is 0.480 e. The van der Waals surface area contributed by atoms with E-state index in [1.165, 1.54) is 20.9 Å². The lowest BCUT2D eigenvalue weighted by Crippen LogP contribution is -2.49. The van der Waals surface area contributed by atoms with Crippen LogP contribution in [0.15, 0.2) is 0 Å². The number of aliphatic carboxylic acids is 1. The van der Waals surface area contributed by atoms with Crippen LogP contribution in [-0.2, 0) is 51.7 Å². The highest BCUT2D eigenvalue weighted by Crippen LogP contribution is 2.37. The second kappa shape index (κ2) is 29.2. The molecule has 0 saturated heterocycles. The third-order valence-electron chi connectivity index (χ3n) is 9.24. The molecule has 342 valence electrons. The van der Waals surface area contributed by atoms with Crippen molar-refractivity contribution >= 4 is 56.7 Å². The molecule has 0 rings (SSSR count). The van der Waals surface area contributed by atoms with Gasteiger partial charge in [-0.25, -0.2) is 13.9 Å². The Morgan fingerprint density at radius 1 is 0.559 bits per heavy atom. The fourth-order valence-corrected chi connectivity index (χ4v) is 6.45. The van der Waals surface area contributed by atoms with Crippen molar-refractivity contribution < 1.29 is 76.4 Å². The molecule has 0 saturated carbocycles. The second-order valence-corrected chi connectivity index (χ2v) is 16.7. The number of phosphoric acid groups is 2. The number of Topliss-reactive ketones (excluding diaryl/α,β-unsaturated/α-hetero) is 3. The Kier molecular flexibility index (Phi) is 27.7. The summed E-state index contributed by atoms with van der Waals surface area (Å²) in [7, 11) is -8.73. The van der Waals surface area contributed by atoms with E-state index in [4.69, 9.17) is 17.2 Å². The summed E-state index contributed by atoms with van der Waals surface area (Å²) in [5, 5.41) is 19.4. The first-order chi connectivity index (χ1) is 27.5. The number of rotatable bonds is 35. The van der Waals surface area contributed by atoms with Crippen LogP contribution in [-0.4, -0.2) is 130 Å². The molecule has 15 N–H and O–H groups in total. The molecule has 7 atom stereocenters. The van der Waals surface area contributed by atoms with Gasteiger partial charge in [0.25, 0.3) is 0 Å². The zero-order valence-electron chi connectivity index (χ0n) is 33.9. The average molecular weight is 890 g/mol. The molecule has 0 aliphatic heterocycles. The van der Waals surface area contributed by atoms with Crippen molar-refractivity contribution in [2.45, 2.75) is 115 Å². The van der Waals surface area contributed by atoms with E-state index >= 15 is 0 Å². The topological polar surface area (TPSA) is 399 Å². The number of amides is 3. The van der Waals surface area contributed by atoms with Crippen molar-refractivity contribution in [3.05, 3.63) is 0 Å². The van der Waals surface area contributed by atoms with E-state index in [0.717, 1.165) is 0 Å². The van der Waals surface area contributed by atoms with Crippen LogP contribution >= 0.6 is 15.6 Å². The van der Waals surface area contributed by atoms with Crippen molar-refractivity contribution in [3.63, 3.8) is 0 Å². The predicted molar refractivity (Wildman–Crippen MR) is 212 cm³/mol. The van der Waals surface area contributed by atoms with Crippen LogP contribution in [0, 0.1) is 17.8 Å². The van der Waals surface area contributed by atoms with E-state index in [1.54, 1.807) is 0 Å². The Morgan fingerprint density at radius 3 is 1.49 bits per heavy atom. The molecule has 0 heterocycles. The third-order valence-corrected chi connectivity index (χ3v) is 10.2. The molecule has 0 unspecified atom stereocenters. The number of nitrogens with two attached hydrogens (primary N) is 3. The van der Waals surface area contributed by atoms with E-state index in [1.807, 2.05) is 0 Å². The van der Waals surface area contributed by atoms with E-state index in [9.17, 15) is 67.4 Å². The van der Waals surface area contributed by atoms with Gasteiger partial charge in [-0.1, -0.05) is 19.8 Å². The number of phosphoric ester groups is 2. The first-order valence-corrected chi connectivity index (χ1v) is 22.5. The molecular formula is C34H65N7O16P2. The summed E-state index contributed by atoms with van der Waals surface area (Å²) in [6.07, 6.45) is 1.66. The number of nitrogens with one attached hydrogen (secondary N) is 4. The minimum Gasteiger partial charge on any atom is -0.480 e. The fourth-order valence-electron chi connectivity index (χ4n) is 5.73. The van der Waals surface area contributed by atoms with Crippen molar-refractivity contribution in [3.8, 4) is 0 Å². The Balaban J connectivity index is 6.10. The first kappa shape index (κ1) is 55.9. The Hall–Kier alpha value is -3.05. The third kappa shape index (κ3) is 25.4. The Morgan fingerprint density at radius 2 is 1.00 bits per heavy atom. The number of likely N-dealkylation sites (N-methyl/N-ethyl adjacent to an activating group) is 1. The molecule has 0 radical (unpaired) electrons. The van der Waals surface area contributed by atoms with E-state index in [0.29, 0.717) is 58.0 Å². The highest BCUT2D eigenvalue weighted by Gasteiger charge is 2.34. The van der Waals surface area contributed by atoms with Gasteiger partial charge < -0.3 is 63.1 Å². The average Bonchev–Trinajstić information content (AvgIpc) is 3.14. The number of hydrogen-bond acceptors (Lipinski definition) is 15. The van der Waals surface area contributed by atoms with Crippen molar-refractivity contribution in [2.24, 2.45) is 35.0 Å². The van der Waals surface area contributed by atoms with Gasteiger partial charge >= 0.3 is 21.6 Å². The van der Waals surface area contributed by atoms with E-state index in [-0.39, 0.29) is 19.4 Å². The van der Waals surface area contributed by atoms with Gasteiger partial charge in [0, 0.05) is 31.1 Å². The quantitative estimate of drug-likeness (QED) is 0.0254. The minimum absolute atomic E-state index is 0.0258. The highest BCUT2D eigenvalue weighted by atomic mass is 31.2. The number of carbonyl (C=O) groups excluding carboxylic acids is 6. The summed E-state index contributed by atoms with van der Waals surface area (Å²) >= 11 is 0. The van der Waals surface area contributed by atoms with Crippen molar-refractivity contribution in [1.29, 1.82) is 0 Å². The minimum atomic E-state index is -5.19. The second-order valence-electron chi connectivity index (χ2n) is 14.3. The molecule has 0 aliphatic carbocycles. The maximum absolute atomic E-state index is 13.6. The lowest BCUT2D eigenvalue weighted by atomic mass is 9.91. The Bertz CT molecular complexity index is 1460. The van der Waals surface area contributed by atoms with Crippen LogP contribution in [0.3, 0.4) is 0 Å².